The van der Waals surface area contributed by atoms with Crippen LogP contribution in [-0.4, -0.2) is 26.3 Å². The number of nitrogens with zero attached hydrogens (tertiary/aromatic N) is 3. The van der Waals surface area contributed by atoms with Gasteiger partial charge in [-0.2, -0.15) is 0 Å². The third-order valence-electron chi connectivity index (χ3n) is 2.08. The number of amidine groups is 1. The highest BCUT2D eigenvalue weighted by molar-refractivity contribution is 7.99. The fourth-order valence-electron chi connectivity index (χ4n) is 1.40. The molecule has 0 saturated heterocycles. The monoisotopic (exact) mass is 198 g/mol. The van der Waals surface area contributed by atoms with Gasteiger partial charge in [0.15, 0.2) is 11.0 Å². The summed E-state index contributed by atoms with van der Waals surface area (Å²) in [5, 5.41) is 12.4. The lowest BCUT2D eigenvalue weighted by Gasteiger charge is -1.98. The van der Waals surface area contributed by atoms with Crippen molar-refractivity contribution < 1.29 is 5.21 Å². The molecule has 1 aromatic heterocycles. The summed E-state index contributed by atoms with van der Waals surface area (Å²) in [5.41, 5.74) is 7.03. The quantitative estimate of drug-likeness (QED) is 0.296. The number of aromatic nitrogens is 2. The number of hydrogen-bond donors (Lipinski definition) is 2. The normalized spacial score (nSPS) is 16.2. The number of nitrogens with two attached hydrogens (primary N) is 1. The minimum Gasteiger partial charge on any atom is -0.409 e. The summed E-state index contributed by atoms with van der Waals surface area (Å²) >= 11 is 1.69. The van der Waals surface area contributed by atoms with Gasteiger partial charge >= 0.3 is 0 Å². The predicted octanol–water partition coefficient (Wildman–Crippen LogP) is 0.392. The molecule has 0 saturated carbocycles. The Morgan fingerprint density at radius 1 is 1.77 bits per heavy atom. The first-order valence-electron chi connectivity index (χ1n) is 3.92. The molecule has 0 spiro atoms. The van der Waals surface area contributed by atoms with Crippen LogP contribution in [-0.2, 0) is 6.54 Å². The molecule has 3 N–H and O–H groups in total. The molecule has 0 fully saturated rings. The summed E-state index contributed by atoms with van der Waals surface area (Å²) in [6.45, 7) is 2.88. The number of thioether (sulfide) groups is 1. The predicted molar refractivity (Wildman–Crippen MR) is 50.2 cm³/mol. The summed E-state index contributed by atoms with van der Waals surface area (Å²) in [5.74, 6) is 1.14. The number of imidazole rings is 1. The van der Waals surface area contributed by atoms with Crippen molar-refractivity contribution in [1.29, 1.82) is 0 Å². The lowest BCUT2D eigenvalue weighted by Crippen LogP contribution is -2.15. The molecule has 0 aliphatic carbocycles. The van der Waals surface area contributed by atoms with Crippen LogP contribution in [0, 0.1) is 6.92 Å². The molecule has 0 bridgehead atoms. The molecule has 0 amide bonds. The van der Waals surface area contributed by atoms with Crippen LogP contribution in [0.25, 0.3) is 0 Å². The van der Waals surface area contributed by atoms with Crippen molar-refractivity contribution in [2.75, 3.05) is 5.75 Å². The highest BCUT2D eigenvalue weighted by Gasteiger charge is 2.20. The Morgan fingerprint density at radius 2 is 2.54 bits per heavy atom. The molecule has 0 aromatic carbocycles. The molecule has 2 rings (SSSR count). The van der Waals surface area contributed by atoms with Gasteiger partial charge in [-0.05, 0) is 6.92 Å². The molecule has 0 radical (unpaired) electrons. The zero-order valence-corrected chi connectivity index (χ0v) is 8.01. The highest BCUT2D eigenvalue weighted by Crippen LogP contribution is 2.27. The van der Waals surface area contributed by atoms with Gasteiger partial charge in [0.25, 0.3) is 0 Å². The molecule has 0 unspecified atom stereocenters. The summed E-state index contributed by atoms with van der Waals surface area (Å²) in [7, 11) is 0. The van der Waals surface area contributed by atoms with E-state index in [9.17, 15) is 0 Å². The minimum absolute atomic E-state index is 0.0833. The van der Waals surface area contributed by atoms with Crippen molar-refractivity contribution in [1.82, 2.24) is 9.55 Å². The van der Waals surface area contributed by atoms with Crippen molar-refractivity contribution in [3.63, 3.8) is 0 Å². The third kappa shape index (κ3) is 1.17. The number of rotatable bonds is 1. The summed E-state index contributed by atoms with van der Waals surface area (Å²) in [6.07, 6.45) is 0. The van der Waals surface area contributed by atoms with Crippen LogP contribution in [0.3, 0.4) is 0 Å². The van der Waals surface area contributed by atoms with E-state index in [-0.39, 0.29) is 5.84 Å². The van der Waals surface area contributed by atoms with Gasteiger partial charge in [-0.15, -0.1) is 0 Å². The molecule has 6 heteroatoms. The highest BCUT2D eigenvalue weighted by atomic mass is 32.2. The Kier molecular flexibility index (Phi) is 1.91. The molecule has 2 heterocycles. The maximum atomic E-state index is 8.51. The van der Waals surface area contributed by atoms with Crippen molar-refractivity contribution in [3.05, 3.63) is 11.4 Å². The standard InChI is InChI=1S/C7H10N4OS/c1-4-5(6(8)10-12)9-7-11(4)2-3-13-7/h12H,2-3H2,1H3,(H2,8,10). The Morgan fingerprint density at radius 3 is 3.15 bits per heavy atom. The zero-order chi connectivity index (χ0) is 9.42. The second-order valence-corrected chi connectivity index (χ2v) is 3.88. The van der Waals surface area contributed by atoms with E-state index in [4.69, 9.17) is 10.9 Å². The van der Waals surface area contributed by atoms with E-state index in [2.05, 4.69) is 14.7 Å². The van der Waals surface area contributed by atoms with Gasteiger partial charge < -0.3 is 15.5 Å². The van der Waals surface area contributed by atoms with Crippen molar-refractivity contribution in [3.8, 4) is 0 Å². The first-order valence-corrected chi connectivity index (χ1v) is 4.90. The maximum absolute atomic E-state index is 8.51. The van der Waals surface area contributed by atoms with Gasteiger partial charge in [-0.25, -0.2) is 4.98 Å². The molecule has 1 aromatic rings. The molecule has 5 nitrogen and oxygen atoms in total. The smallest absolute Gasteiger partial charge is 0.190 e. The van der Waals surface area contributed by atoms with Crippen LogP contribution in [0.5, 0.6) is 0 Å². The summed E-state index contributed by atoms with van der Waals surface area (Å²) in [4.78, 5) is 4.27. The van der Waals surface area contributed by atoms with E-state index in [0.717, 1.165) is 23.1 Å². The third-order valence-corrected chi connectivity index (χ3v) is 3.04. The molecule has 70 valence electrons. The van der Waals surface area contributed by atoms with Crippen LogP contribution in [0.15, 0.2) is 10.3 Å². The van der Waals surface area contributed by atoms with Gasteiger partial charge in [-0.1, -0.05) is 16.9 Å². The first kappa shape index (κ1) is 8.43. The first-order chi connectivity index (χ1) is 6.24. The second-order valence-electron chi connectivity index (χ2n) is 2.81. The second kappa shape index (κ2) is 2.95. The molecule has 1 aliphatic heterocycles. The fraction of sp³-hybridized carbons (Fsp3) is 0.429. The van der Waals surface area contributed by atoms with Crippen molar-refractivity contribution in [2.45, 2.75) is 18.6 Å². The van der Waals surface area contributed by atoms with Crippen molar-refractivity contribution >= 4 is 17.6 Å². The Labute approximate surface area is 79.6 Å². The fourth-order valence-corrected chi connectivity index (χ4v) is 2.40. The van der Waals surface area contributed by atoms with E-state index >= 15 is 0 Å². The van der Waals surface area contributed by atoms with Gasteiger partial charge in [0.1, 0.15) is 5.69 Å². The molecule has 13 heavy (non-hydrogen) atoms. The van der Waals surface area contributed by atoms with E-state index in [1.807, 2.05) is 6.92 Å². The van der Waals surface area contributed by atoms with Gasteiger partial charge in [0.2, 0.25) is 0 Å². The van der Waals surface area contributed by atoms with Crippen molar-refractivity contribution in [2.24, 2.45) is 10.9 Å². The number of hydrogen-bond acceptors (Lipinski definition) is 4. The van der Waals surface area contributed by atoms with Gasteiger partial charge in [0.05, 0.1) is 0 Å². The lowest BCUT2D eigenvalue weighted by atomic mass is 10.3. The Balaban J connectivity index is 2.50. The van der Waals surface area contributed by atoms with Gasteiger partial charge in [0, 0.05) is 18.0 Å². The largest absolute Gasteiger partial charge is 0.409 e. The molecular formula is C7H10N4OS. The topological polar surface area (TPSA) is 76.4 Å². The molecule has 1 aliphatic rings. The lowest BCUT2D eigenvalue weighted by molar-refractivity contribution is 0.318. The zero-order valence-electron chi connectivity index (χ0n) is 7.19. The summed E-state index contributed by atoms with van der Waals surface area (Å²) < 4.78 is 2.08. The van der Waals surface area contributed by atoms with Crippen LogP contribution in [0.1, 0.15) is 11.4 Å². The molecular weight excluding hydrogens is 188 g/mol. The van der Waals surface area contributed by atoms with E-state index < -0.39 is 0 Å². The van der Waals surface area contributed by atoms with Crippen LogP contribution in [0.4, 0.5) is 0 Å². The average Bonchev–Trinajstić information content (AvgIpc) is 2.68. The number of fused-ring (bicyclic) bond motifs is 1. The number of oxime groups is 1. The summed E-state index contributed by atoms with van der Waals surface area (Å²) in [6, 6.07) is 0. The minimum atomic E-state index is 0.0833. The van der Waals surface area contributed by atoms with E-state index in [1.54, 1.807) is 11.8 Å². The Bertz CT molecular complexity index is 371. The maximum Gasteiger partial charge on any atom is 0.190 e. The van der Waals surface area contributed by atoms with Crippen LogP contribution in [0.2, 0.25) is 0 Å². The Hall–Kier alpha value is -1.17. The van der Waals surface area contributed by atoms with Crippen LogP contribution >= 0.6 is 11.8 Å². The van der Waals surface area contributed by atoms with E-state index in [1.165, 1.54) is 0 Å². The van der Waals surface area contributed by atoms with Gasteiger partial charge in [-0.3, -0.25) is 0 Å². The SMILES string of the molecule is Cc1c(/C(N)=N\O)nc2n1CCS2. The van der Waals surface area contributed by atoms with Crippen LogP contribution < -0.4 is 5.73 Å². The van der Waals surface area contributed by atoms with E-state index in [0.29, 0.717) is 5.69 Å². The average molecular weight is 198 g/mol. The molecule has 0 atom stereocenters.